The molecule has 4 atom stereocenters. The van der Waals surface area contributed by atoms with Crippen molar-refractivity contribution in [3.8, 4) is 0 Å². The van der Waals surface area contributed by atoms with Crippen LogP contribution in [0.15, 0.2) is 12.5 Å². The van der Waals surface area contributed by atoms with Crippen molar-refractivity contribution in [1.29, 1.82) is 0 Å². The highest BCUT2D eigenvalue weighted by molar-refractivity contribution is 7.80. The molecule has 182 valence electrons. The fourth-order valence-corrected chi connectivity index (χ4v) is 3.53. The van der Waals surface area contributed by atoms with Crippen molar-refractivity contribution in [2.24, 2.45) is 0 Å². The van der Waals surface area contributed by atoms with Crippen molar-refractivity contribution in [1.82, 2.24) is 31.2 Å². The Morgan fingerprint density at radius 1 is 1.09 bits per heavy atom. The van der Waals surface area contributed by atoms with Gasteiger partial charge in [-0.2, -0.15) is 12.6 Å². The van der Waals surface area contributed by atoms with E-state index in [0.717, 1.165) is 6.42 Å². The normalized spacial score (nSPS) is 18.0. The van der Waals surface area contributed by atoms with Gasteiger partial charge in [-0.1, -0.05) is 0 Å². The standard InChI is InChI=1S/C19H28N6O7S/c26-15(27)4-3-12(17(29)24-13(19(31)32)6-10-7-20-9-22-10)23-18(30)14(8-33)25-16(28)11-2-1-5-21-11/h7,9,11-14,21,33H,1-6,8H2,(H,20,22)(H,23,30)(H,24,29)(H,25,28)(H,26,27)(H,31,32). The van der Waals surface area contributed by atoms with Crippen LogP contribution in [0.2, 0.25) is 0 Å². The predicted molar refractivity (Wildman–Crippen MR) is 117 cm³/mol. The number of nitrogens with zero attached hydrogens (tertiary/aromatic N) is 1. The predicted octanol–water partition coefficient (Wildman–Crippen LogP) is -1.96. The molecular weight excluding hydrogens is 456 g/mol. The van der Waals surface area contributed by atoms with Crippen LogP contribution in [0.1, 0.15) is 31.4 Å². The molecular formula is C19H28N6O7S. The number of thiol groups is 1. The van der Waals surface area contributed by atoms with E-state index in [-0.39, 0.29) is 24.5 Å². The maximum atomic E-state index is 12.8. The Morgan fingerprint density at radius 3 is 2.33 bits per heavy atom. The number of carboxylic acid groups (broad SMARTS) is 2. The lowest BCUT2D eigenvalue weighted by Gasteiger charge is -2.24. The molecule has 2 rings (SSSR count). The monoisotopic (exact) mass is 484 g/mol. The minimum Gasteiger partial charge on any atom is -0.481 e. The summed E-state index contributed by atoms with van der Waals surface area (Å²) in [6, 6.07) is -4.16. The van der Waals surface area contributed by atoms with Crippen LogP contribution in [0.5, 0.6) is 0 Å². The lowest BCUT2D eigenvalue weighted by molar-refractivity contribution is -0.143. The summed E-state index contributed by atoms with van der Waals surface area (Å²) >= 11 is 4.09. The SMILES string of the molecule is O=C(O)CCC(NC(=O)C(CS)NC(=O)C1CCCN1)C(=O)NC(Cc1cnc[nH]1)C(=O)O. The van der Waals surface area contributed by atoms with E-state index in [1.807, 2.05) is 0 Å². The second-order valence-electron chi connectivity index (χ2n) is 7.57. The number of amides is 3. The first-order valence-corrected chi connectivity index (χ1v) is 11.0. The summed E-state index contributed by atoms with van der Waals surface area (Å²) in [5, 5.41) is 28.7. The Labute approximate surface area is 194 Å². The molecule has 0 saturated carbocycles. The van der Waals surface area contributed by atoms with Gasteiger partial charge in [-0.15, -0.1) is 0 Å². The maximum Gasteiger partial charge on any atom is 0.326 e. The lowest BCUT2D eigenvalue weighted by atomic mass is 10.1. The van der Waals surface area contributed by atoms with Gasteiger partial charge in [-0.25, -0.2) is 9.78 Å². The summed E-state index contributed by atoms with van der Waals surface area (Å²) in [4.78, 5) is 66.9. The average molecular weight is 485 g/mol. The average Bonchev–Trinajstić information content (AvgIpc) is 3.48. The minimum absolute atomic E-state index is 0.0604. The quantitative estimate of drug-likeness (QED) is 0.146. The molecule has 4 unspecified atom stereocenters. The molecule has 1 aliphatic rings. The molecule has 1 fully saturated rings. The Hall–Kier alpha value is -3.13. The van der Waals surface area contributed by atoms with Gasteiger partial charge < -0.3 is 36.5 Å². The van der Waals surface area contributed by atoms with E-state index in [0.29, 0.717) is 18.7 Å². The Bertz CT molecular complexity index is 844. The number of hydrogen-bond donors (Lipinski definition) is 8. The molecule has 0 aliphatic carbocycles. The highest BCUT2D eigenvalue weighted by atomic mass is 32.1. The second-order valence-corrected chi connectivity index (χ2v) is 7.93. The largest absolute Gasteiger partial charge is 0.481 e. The van der Waals surface area contributed by atoms with Crippen molar-refractivity contribution in [2.45, 2.75) is 56.3 Å². The van der Waals surface area contributed by atoms with Crippen molar-refractivity contribution in [3.63, 3.8) is 0 Å². The number of carbonyl (C=O) groups is 5. The molecule has 1 aromatic rings. The molecule has 0 spiro atoms. The summed E-state index contributed by atoms with van der Waals surface area (Å²) in [6.45, 7) is 0.691. The Morgan fingerprint density at radius 2 is 1.79 bits per heavy atom. The minimum atomic E-state index is -1.34. The number of hydrogen-bond acceptors (Lipinski definition) is 8. The molecule has 3 amide bonds. The first-order chi connectivity index (χ1) is 15.7. The van der Waals surface area contributed by atoms with Crippen LogP contribution in [0.4, 0.5) is 0 Å². The van der Waals surface area contributed by atoms with Crippen molar-refractivity contribution in [2.75, 3.05) is 12.3 Å². The van der Waals surface area contributed by atoms with Gasteiger partial charge in [0.2, 0.25) is 17.7 Å². The van der Waals surface area contributed by atoms with Crippen LogP contribution in [0.3, 0.4) is 0 Å². The van der Waals surface area contributed by atoms with E-state index in [9.17, 15) is 29.1 Å². The van der Waals surface area contributed by atoms with Crippen molar-refractivity contribution >= 4 is 42.3 Å². The molecule has 1 aliphatic heterocycles. The van der Waals surface area contributed by atoms with E-state index in [4.69, 9.17) is 5.11 Å². The zero-order valence-electron chi connectivity index (χ0n) is 17.7. The molecule has 0 aromatic carbocycles. The van der Waals surface area contributed by atoms with E-state index in [1.54, 1.807) is 0 Å². The topological polar surface area (TPSA) is 203 Å². The van der Waals surface area contributed by atoms with Gasteiger partial charge in [0.15, 0.2) is 0 Å². The zero-order chi connectivity index (χ0) is 24.4. The van der Waals surface area contributed by atoms with Gasteiger partial charge >= 0.3 is 11.9 Å². The van der Waals surface area contributed by atoms with Crippen LogP contribution >= 0.6 is 12.6 Å². The summed E-state index contributed by atoms with van der Waals surface area (Å²) < 4.78 is 0. The molecule has 33 heavy (non-hydrogen) atoms. The molecule has 14 heteroatoms. The van der Waals surface area contributed by atoms with Crippen LogP contribution in [-0.4, -0.2) is 86.3 Å². The number of H-pyrrole nitrogens is 1. The van der Waals surface area contributed by atoms with Gasteiger partial charge in [0.1, 0.15) is 18.1 Å². The van der Waals surface area contributed by atoms with Gasteiger partial charge in [0.25, 0.3) is 0 Å². The Balaban J connectivity index is 2.04. The molecule has 0 bridgehead atoms. The number of carboxylic acids is 2. The summed E-state index contributed by atoms with van der Waals surface area (Å²) in [7, 11) is 0. The maximum absolute atomic E-state index is 12.8. The third-order valence-electron chi connectivity index (χ3n) is 5.07. The van der Waals surface area contributed by atoms with Gasteiger partial charge in [-0.3, -0.25) is 19.2 Å². The molecule has 1 saturated heterocycles. The third-order valence-corrected chi connectivity index (χ3v) is 5.43. The number of aromatic nitrogens is 2. The first-order valence-electron chi connectivity index (χ1n) is 10.4. The summed E-state index contributed by atoms with van der Waals surface area (Å²) in [6.07, 6.45) is 3.41. The zero-order valence-corrected chi connectivity index (χ0v) is 18.6. The highest BCUT2D eigenvalue weighted by Crippen LogP contribution is 2.07. The second kappa shape index (κ2) is 12.8. The fraction of sp³-hybridized carbons (Fsp3) is 0.579. The molecule has 13 nitrogen and oxygen atoms in total. The molecule has 1 aromatic heterocycles. The van der Waals surface area contributed by atoms with E-state index in [1.165, 1.54) is 12.5 Å². The number of aliphatic carboxylic acids is 2. The molecule has 7 N–H and O–H groups in total. The Kier molecular flexibility index (Phi) is 10.1. The molecule has 2 heterocycles. The fourth-order valence-electron chi connectivity index (χ4n) is 3.27. The van der Waals surface area contributed by atoms with Gasteiger partial charge in [-0.05, 0) is 25.8 Å². The van der Waals surface area contributed by atoms with Crippen LogP contribution in [-0.2, 0) is 30.4 Å². The lowest BCUT2D eigenvalue weighted by Crippen LogP contribution is -2.57. The number of aromatic amines is 1. The molecule has 0 radical (unpaired) electrons. The van der Waals surface area contributed by atoms with Crippen LogP contribution in [0.25, 0.3) is 0 Å². The van der Waals surface area contributed by atoms with Gasteiger partial charge in [0, 0.05) is 30.5 Å². The van der Waals surface area contributed by atoms with E-state index >= 15 is 0 Å². The highest BCUT2D eigenvalue weighted by Gasteiger charge is 2.31. The van der Waals surface area contributed by atoms with Crippen molar-refractivity contribution < 1.29 is 34.2 Å². The van der Waals surface area contributed by atoms with Crippen molar-refractivity contribution in [3.05, 3.63) is 18.2 Å². The summed E-state index contributed by atoms with van der Waals surface area (Å²) in [5.74, 6) is -4.54. The number of rotatable bonds is 13. The smallest absolute Gasteiger partial charge is 0.326 e. The van der Waals surface area contributed by atoms with E-state index in [2.05, 4.69) is 43.9 Å². The number of carbonyl (C=O) groups excluding carboxylic acids is 3. The van der Waals surface area contributed by atoms with Gasteiger partial charge in [0.05, 0.1) is 12.4 Å². The third kappa shape index (κ3) is 8.38. The first kappa shape index (κ1) is 26.1. The number of imidazole rings is 1. The van der Waals surface area contributed by atoms with Crippen LogP contribution < -0.4 is 21.3 Å². The summed E-state index contributed by atoms with van der Waals surface area (Å²) in [5.41, 5.74) is 0.465. The number of nitrogens with one attached hydrogen (secondary N) is 5. The van der Waals surface area contributed by atoms with Crippen LogP contribution in [0, 0.1) is 0 Å². The van der Waals surface area contributed by atoms with E-state index < -0.39 is 54.3 Å².